The van der Waals surface area contributed by atoms with Crippen LogP contribution in [0.3, 0.4) is 0 Å². The second kappa shape index (κ2) is 6.66. The van der Waals surface area contributed by atoms with Crippen molar-refractivity contribution < 1.29 is 14.6 Å². The Hall–Kier alpha value is -0.830. The van der Waals surface area contributed by atoms with Crippen LogP contribution in [0.4, 0.5) is 0 Å². The van der Waals surface area contributed by atoms with E-state index in [-0.39, 0.29) is 18.7 Å². The summed E-state index contributed by atoms with van der Waals surface area (Å²) >= 11 is 0. The van der Waals surface area contributed by atoms with Gasteiger partial charge in [0, 0.05) is 6.92 Å². The highest BCUT2D eigenvalue weighted by Gasteiger charge is 2.03. The fraction of sp³-hybridized carbons (Fsp3) is 0.700. The fourth-order valence-electron chi connectivity index (χ4n) is 0.971. The average Bonchev–Trinajstić information content (AvgIpc) is 2.02. The van der Waals surface area contributed by atoms with E-state index >= 15 is 0 Å². The van der Waals surface area contributed by atoms with Crippen molar-refractivity contribution in [3.05, 3.63) is 11.6 Å². The van der Waals surface area contributed by atoms with Crippen LogP contribution in [0, 0.1) is 0 Å². The van der Waals surface area contributed by atoms with E-state index in [4.69, 9.17) is 9.84 Å². The molecule has 0 unspecified atom stereocenters. The summed E-state index contributed by atoms with van der Waals surface area (Å²) in [7, 11) is 0. The van der Waals surface area contributed by atoms with E-state index in [0.29, 0.717) is 0 Å². The quantitative estimate of drug-likeness (QED) is 0.524. The van der Waals surface area contributed by atoms with Crippen LogP contribution in [0.15, 0.2) is 11.6 Å². The molecular weight excluding hydrogens is 168 g/mol. The van der Waals surface area contributed by atoms with Gasteiger partial charge in [-0.2, -0.15) is 0 Å². The van der Waals surface area contributed by atoms with Crippen LogP contribution >= 0.6 is 0 Å². The summed E-state index contributed by atoms with van der Waals surface area (Å²) in [6, 6.07) is 0. The standard InChI is InChI=1S/C10H18O3/c1-8(7-11)5-4-6-9(2)13-10(3)12/h5,9,11H,4,6-7H2,1-3H3/b8-5+/t9-/m1/s1. The van der Waals surface area contributed by atoms with Gasteiger partial charge in [-0.1, -0.05) is 11.6 Å². The lowest BCUT2D eigenvalue weighted by Gasteiger charge is -2.09. The van der Waals surface area contributed by atoms with Gasteiger partial charge in [0.05, 0.1) is 12.7 Å². The molecular formula is C10H18O3. The first kappa shape index (κ1) is 12.2. The Kier molecular flexibility index (Phi) is 6.24. The number of allylic oxidation sites excluding steroid dienone is 1. The molecule has 0 spiro atoms. The average molecular weight is 186 g/mol. The molecule has 0 saturated heterocycles. The van der Waals surface area contributed by atoms with Crippen molar-refractivity contribution >= 4 is 5.97 Å². The normalized spacial score (nSPS) is 14.0. The Bertz CT molecular complexity index is 185. The molecule has 0 heterocycles. The van der Waals surface area contributed by atoms with E-state index in [9.17, 15) is 4.79 Å². The van der Waals surface area contributed by atoms with Crippen molar-refractivity contribution in [1.29, 1.82) is 0 Å². The third kappa shape index (κ3) is 7.53. The molecule has 0 fully saturated rings. The first-order valence-corrected chi connectivity index (χ1v) is 4.50. The van der Waals surface area contributed by atoms with Gasteiger partial charge >= 0.3 is 5.97 Å². The Labute approximate surface area is 79.4 Å². The monoisotopic (exact) mass is 186 g/mol. The predicted octanol–water partition coefficient (Wildman–Crippen LogP) is 1.66. The lowest BCUT2D eigenvalue weighted by atomic mass is 10.1. The van der Waals surface area contributed by atoms with Gasteiger partial charge in [0.2, 0.25) is 0 Å². The second-order valence-corrected chi connectivity index (χ2v) is 3.21. The number of ether oxygens (including phenoxy) is 1. The molecule has 0 bridgehead atoms. The zero-order valence-electron chi connectivity index (χ0n) is 8.54. The van der Waals surface area contributed by atoms with Crippen LogP contribution in [0.5, 0.6) is 0 Å². The predicted molar refractivity (Wildman–Crippen MR) is 51.3 cm³/mol. The van der Waals surface area contributed by atoms with Gasteiger partial charge < -0.3 is 9.84 Å². The first-order chi connectivity index (χ1) is 6.06. The van der Waals surface area contributed by atoms with Crippen LogP contribution in [0.1, 0.15) is 33.6 Å². The van der Waals surface area contributed by atoms with E-state index in [1.165, 1.54) is 6.92 Å². The van der Waals surface area contributed by atoms with Gasteiger partial charge in [-0.3, -0.25) is 4.79 Å². The highest BCUT2D eigenvalue weighted by atomic mass is 16.5. The lowest BCUT2D eigenvalue weighted by Crippen LogP contribution is -2.11. The van der Waals surface area contributed by atoms with Gasteiger partial charge in [0.25, 0.3) is 0 Å². The number of esters is 1. The molecule has 1 N–H and O–H groups in total. The summed E-state index contributed by atoms with van der Waals surface area (Å²) in [5.74, 6) is -0.240. The molecule has 3 heteroatoms. The van der Waals surface area contributed by atoms with Crippen LogP contribution in [-0.4, -0.2) is 23.8 Å². The van der Waals surface area contributed by atoms with Crippen molar-refractivity contribution in [3.8, 4) is 0 Å². The van der Waals surface area contributed by atoms with Crippen molar-refractivity contribution in [3.63, 3.8) is 0 Å². The molecule has 0 aromatic carbocycles. The maximum absolute atomic E-state index is 10.5. The molecule has 0 amide bonds. The van der Waals surface area contributed by atoms with Crippen molar-refractivity contribution in [2.45, 2.75) is 39.7 Å². The summed E-state index contributed by atoms with van der Waals surface area (Å²) in [5, 5.41) is 8.69. The van der Waals surface area contributed by atoms with Crippen LogP contribution < -0.4 is 0 Å². The van der Waals surface area contributed by atoms with Crippen LogP contribution in [-0.2, 0) is 9.53 Å². The summed E-state index contributed by atoms with van der Waals surface area (Å²) < 4.78 is 4.93. The fourth-order valence-corrected chi connectivity index (χ4v) is 0.971. The Morgan fingerprint density at radius 2 is 2.15 bits per heavy atom. The smallest absolute Gasteiger partial charge is 0.302 e. The molecule has 76 valence electrons. The largest absolute Gasteiger partial charge is 0.463 e. The minimum atomic E-state index is -0.240. The van der Waals surface area contributed by atoms with Gasteiger partial charge in [-0.05, 0) is 26.7 Å². The van der Waals surface area contributed by atoms with E-state index < -0.39 is 0 Å². The van der Waals surface area contributed by atoms with Crippen LogP contribution in [0.25, 0.3) is 0 Å². The van der Waals surface area contributed by atoms with E-state index in [2.05, 4.69) is 0 Å². The summed E-state index contributed by atoms with van der Waals surface area (Å²) in [6.45, 7) is 5.24. The highest BCUT2D eigenvalue weighted by molar-refractivity contribution is 5.66. The molecule has 3 nitrogen and oxygen atoms in total. The van der Waals surface area contributed by atoms with Gasteiger partial charge in [0.1, 0.15) is 0 Å². The maximum Gasteiger partial charge on any atom is 0.302 e. The zero-order chi connectivity index (χ0) is 10.3. The molecule has 0 aliphatic rings. The molecule has 0 saturated carbocycles. The molecule has 0 aliphatic heterocycles. The SMILES string of the molecule is CC(=O)O[C@H](C)CC/C=C(\C)CO. The third-order valence-corrected chi connectivity index (χ3v) is 1.68. The molecule has 0 radical (unpaired) electrons. The molecule has 0 rings (SSSR count). The van der Waals surface area contributed by atoms with Crippen molar-refractivity contribution in [2.24, 2.45) is 0 Å². The summed E-state index contributed by atoms with van der Waals surface area (Å²) in [5.41, 5.74) is 0.954. The summed E-state index contributed by atoms with van der Waals surface area (Å²) in [6.07, 6.45) is 3.55. The number of carbonyl (C=O) groups excluding carboxylic acids is 1. The van der Waals surface area contributed by atoms with Crippen molar-refractivity contribution in [1.82, 2.24) is 0 Å². The van der Waals surface area contributed by atoms with Crippen molar-refractivity contribution in [2.75, 3.05) is 6.61 Å². The highest BCUT2D eigenvalue weighted by Crippen LogP contribution is 2.04. The minimum absolute atomic E-state index is 0.0414. The van der Waals surface area contributed by atoms with Gasteiger partial charge in [-0.15, -0.1) is 0 Å². The summed E-state index contributed by atoms with van der Waals surface area (Å²) in [4.78, 5) is 10.5. The lowest BCUT2D eigenvalue weighted by molar-refractivity contribution is -0.145. The van der Waals surface area contributed by atoms with Crippen LogP contribution in [0.2, 0.25) is 0 Å². The second-order valence-electron chi connectivity index (χ2n) is 3.21. The molecule has 0 aromatic heterocycles. The van der Waals surface area contributed by atoms with E-state index in [1.807, 2.05) is 19.9 Å². The third-order valence-electron chi connectivity index (χ3n) is 1.68. The molecule has 0 aliphatic carbocycles. The molecule has 1 atom stereocenters. The topological polar surface area (TPSA) is 46.5 Å². The Morgan fingerprint density at radius 3 is 2.62 bits per heavy atom. The number of carbonyl (C=O) groups is 1. The number of hydrogen-bond donors (Lipinski definition) is 1. The van der Waals surface area contributed by atoms with Gasteiger partial charge in [0.15, 0.2) is 0 Å². The van der Waals surface area contributed by atoms with E-state index in [1.54, 1.807) is 0 Å². The van der Waals surface area contributed by atoms with Gasteiger partial charge in [-0.25, -0.2) is 0 Å². The zero-order valence-corrected chi connectivity index (χ0v) is 8.54. The minimum Gasteiger partial charge on any atom is -0.463 e. The number of hydrogen-bond acceptors (Lipinski definition) is 3. The number of aliphatic hydroxyl groups excluding tert-OH is 1. The number of aliphatic hydroxyl groups is 1. The first-order valence-electron chi connectivity index (χ1n) is 4.50. The molecule has 13 heavy (non-hydrogen) atoms. The Morgan fingerprint density at radius 1 is 1.54 bits per heavy atom. The van der Waals surface area contributed by atoms with E-state index in [0.717, 1.165) is 18.4 Å². The molecule has 0 aromatic rings. The Balaban J connectivity index is 3.58. The number of rotatable bonds is 5. The maximum atomic E-state index is 10.5.